The van der Waals surface area contributed by atoms with Crippen molar-refractivity contribution < 1.29 is 9.53 Å². The first-order valence-electron chi connectivity index (χ1n) is 10.7. The number of aromatic nitrogens is 1. The van der Waals surface area contributed by atoms with Crippen molar-refractivity contribution in [1.29, 1.82) is 0 Å². The molecule has 5 heteroatoms. The number of ether oxygens (including phenoxy) is 1. The van der Waals surface area contributed by atoms with Gasteiger partial charge in [0.25, 0.3) is 5.91 Å². The summed E-state index contributed by atoms with van der Waals surface area (Å²) in [7, 11) is 0. The highest BCUT2D eigenvalue weighted by Gasteiger charge is 2.11. The number of aryl methyl sites for hydroxylation is 1. The van der Waals surface area contributed by atoms with Gasteiger partial charge >= 0.3 is 0 Å². The fourth-order valence-corrected chi connectivity index (χ4v) is 4.53. The van der Waals surface area contributed by atoms with Crippen molar-refractivity contribution in [1.82, 2.24) is 4.98 Å². The van der Waals surface area contributed by atoms with Crippen molar-refractivity contribution in [3.8, 4) is 16.3 Å². The summed E-state index contributed by atoms with van der Waals surface area (Å²) in [5.41, 5.74) is 5.51. The van der Waals surface area contributed by atoms with Crippen LogP contribution in [0.2, 0.25) is 0 Å². The van der Waals surface area contributed by atoms with Gasteiger partial charge in [0.15, 0.2) is 0 Å². The summed E-state index contributed by atoms with van der Waals surface area (Å²) < 4.78 is 6.97. The van der Waals surface area contributed by atoms with Gasteiger partial charge in [-0.1, -0.05) is 42.5 Å². The van der Waals surface area contributed by atoms with E-state index in [1.165, 1.54) is 4.70 Å². The Balaban J connectivity index is 1.25. The number of carbonyl (C=O) groups is 1. The molecule has 1 aromatic heterocycles. The fourth-order valence-electron chi connectivity index (χ4n) is 3.57. The molecule has 4 aromatic carbocycles. The van der Waals surface area contributed by atoms with E-state index in [0.717, 1.165) is 38.7 Å². The first kappa shape index (κ1) is 20.9. The predicted molar refractivity (Wildman–Crippen MR) is 135 cm³/mol. The van der Waals surface area contributed by atoms with Gasteiger partial charge in [-0.05, 0) is 72.6 Å². The summed E-state index contributed by atoms with van der Waals surface area (Å²) in [4.78, 5) is 17.5. The molecule has 0 saturated heterocycles. The summed E-state index contributed by atoms with van der Waals surface area (Å²) in [6, 6.07) is 31.3. The molecule has 1 heterocycles. The third-order valence-corrected chi connectivity index (χ3v) is 6.47. The second-order valence-corrected chi connectivity index (χ2v) is 8.80. The number of hydrogen-bond donors (Lipinski definition) is 1. The summed E-state index contributed by atoms with van der Waals surface area (Å²) in [5, 5.41) is 3.99. The molecule has 0 aliphatic rings. The van der Waals surface area contributed by atoms with E-state index >= 15 is 0 Å². The summed E-state index contributed by atoms with van der Waals surface area (Å²) in [6.07, 6.45) is 0. The molecule has 5 aromatic rings. The summed E-state index contributed by atoms with van der Waals surface area (Å²) >= 11 is 1.67. The van der Waals surface area contributed by atoms with Crippen molar-refractivity contribution in [3.63, 3.8) is 0 Å². The standard InChI is InChI=1S/C28H22N2O2S/c1-19-17-22(28-30-25-9-5-6-10-26(25)33-28)13-16-24(19)29-27(31)21-11-14-23(15-12-21)32-18-20-7-3-2-4-8-20/h2-17H,18H2,1H3,(H,29,31). The molecule has 0 unspecified atom stereocenters. The monoisotopic (exact) mass is 450 g/mol. The number of carbonyl (C=O) groups excluding carboxylic acids is 1. The zero-order valence-corrected chi connectivity index (χ0v) is 18.9. The van der Waals surface area contributed by atoms with Gasteiger partial charge in [-0.2, -0.15) is 0 Å². The van der Waals surface area contributed by atoms with Gasteiger partial charge in [-0.15, -0.1) is 11.3 Å². The van der Waals surface area contributed by atoms with Crippen LogP contribution in [0.5, 0.6) is 5.75 Å². The molecule has 0 bridgehead atoms. The number of benzene rings is 4. The van der Waals surface area contributed by atoms with Crippen LogP contribution in [0.3, 0.4) is 0 Å². The van der Waals surface area contributed by atoms with Crippen molar-refractivity contribution in [2.24, 2.45) is 0 Å². The minimum absolute atomic E-state index is 0.152. The zero-order valence-electron chi connectivity index (χ0n) is 18.1. The third-order valence-electron chi connectivity index (χ3n) is 5.38. The number of para-hydroxylation sites is 1. The van der Waals surface area contributed by atoms with E-state index in [4.69, 9.17) is 9.72 Å². The molecule has 0 radical (unpaired) electrons. The van der Waals surface area contributed by atoms with E-state index in [0.29, 0.717) is 12.2 Å². The SMILES string of the molecule is Cc1cc(-c2nc3ccccc3s2)ccc1NC(=O)c1ccc(OCc2ccccc2)cc1. The number of rotatable bonds is 6. The maximum Gasteiger partial charge on any atom is 0.255 e. The maximum atomic E-state index is 12.8. The third kappa shape index (κ3) is 4.78. The van der Waals surface area contributed by atoms with Crippen LogP contribution in [-0.4, -0.2) is 10.9 Å². The molecular weight excluding hydrogens is 428 g/mol. The number of hydrogen-bond acceptors (Lipinski definition) is 4. The fraction of sp³-hybridized carbons (Fsp3) is 0.0714. The smallest absolute Gasteiger partial charge is 0.255 e. The van der Waals surface area contributed by atoms with Crippen LogP contribution in [0, 0.1) is 6.92 Å². The summed E-state index contributed by atoms with van der Waals surface area (Å²) in [5.74, 6) is 0.576. The number of thiazole rings is 1. The van der Waals surface area contributed by atoms with Crippen LogP contribution >= 0.6 is 11.3 Å². The van der Waals surface area contributed by atoms with E-state index < -0.39 is 0 Å². The van der Waals surface area contributed by atoms with E-state index in [1.807, 2.05) is 79.7 Å². The maximum absolute atomic E-state index is 12.8. The Morgan fingerprint density at radius 1 is 0.909 bits per heavy atom. The van der Waals surface area contributed by atoms with E-state index in [2.05, 4.69) is 17.4 Å². The van der Waals surface area contributed by atoms with Crippen LogP contribution < -0.4 is 10.1 Å². The van der Waals surface area contributed by atoms with Gasteiger partial charge in [-0.25, -0.2) is 4.98 Å². The van der Waals surface area contributed by atoms with E-state index in [9.17, 15) is 4.79 Å². The highest BCUT2D eigenvalue weighted by Crippen LogP contribution is 2.32. The Bertz CT molecular complexity index is 1380. The molecule has 33 heavy (non-hydrogen) atoms. The molecule has 1 N–H and O–H groups in total. The van der Waals surface area contributed by atoms with Crippen molar-refractivity contribution in [2.45, 2.75) is 13.5 Å². The van der Waals surface area contributed by atoms with Crippen LogP contribution in [0.15, 0.2) is 97.1 Å². The lowest BCUT2D eigenvalue weighted by atomic mass is 10.1. The lowest BCUT2D eigenvalue weighted by molar-refractivity contribution is 0.102. The van der Waals surface area contributed by atoms with Crippen molar-refractivity contribution in [2.75, 3.05) is 5.32 Å². The first-order chi connectivity index (χ1) is 16.2. The highest BCUT2D eigenvalue weighted by molar-refractivity contribution is 7.21. The highest BCUT2D eigenvalue weighted by atomic mass is 32.1. The molecule has 162 valence electrons. The Hall–Kier alpha value is -3.96. The van der Waals surface area contributed by atoms with Gasteiger partial charge in [-0.3, -0.25) is 4.79 Å². The molecule has 0 aliphatic carbocycles. The molecule has 0 spiro atoms. The predicted octanol–water partition coefficient (Wildman–Crippen LogP) is 7.10. The Kier molecular flexibility index (Phi) is 5.87. The lowest BCUT2D eigenvalue weighted by Crippen LogP contribution is -2.12. The molecule has 0 saturated carbocycles. The number of nitrogens with one attached hydrogen (secondary N) is 1. The lowest BCUT2D eigenvalue weighted by Gasteiger charge is -2.11. The normalized spacial score (nSPS) is 10.8. The number of fused-ring (bicyclic) bond motifs is 1. The van der Waals surface area contributed by atoms with Gasteiger partial charge in [0.05, 0.1) is 10.2 Å². The summed E-state index contributed by atoms with van der Waals surface area (Å²) in [6.45, 7) is 2.49. The van der Waals surface area contributed by atoms with Crippen LogP contribution in [0.25, 0.3) is 20.8 Å². The number of amides is 1. The Morgan fingerprint density at radius 2 is 1.67 bits per heavy atom. The molecule has 4 nitrogen and oxygen atoms in total. The topological polar surface area (TPSA) is 51.2 Å². The van der Waals surface area contributed by atoms with Gasteiger partial charge in [0, 0.05) is 16.8 Å². The first-order valence-corrected chi connectivity index (χ1v) is 11.5. The second-order valence-electron chi connectivity index (χ2n) is 7.77. The van der Waals surface area contributed by atoms with Crippen LogP contribution in [0.1, 0.15) is 21.5 Å². The van der Waals surface area contributed by atoms with E-state index in [1.54, 1.807) is 23.5 Å². The number of nitrogens with zero attached hydrogens (tertiary/aromatic N) is 1. The molecular formula is C28H22N2O2S. The molecule has 0 fully saturated rings. The average Bonchev–Trinajstić information content (AvgIpc) is 3.29. The number of anilines is 1. The second kappa shape index (κ2) is 9.27. The molecule has 1 amide bonds. The average molecular weight is 451 g/mol. The van der Waals surface area contributed by atoms with E-state index in [-0.39, 0.29) is 5.91 Å². The largest absolute Gasteiger partial charge is 0.489 e. The Labute approximate surface area is 196 Å². The molecule has 5 rings (SSSR count). The van der Waals surface area contributed by atoms with Crippen LogP contribution in [0.4, 0.5) is 5.69 Å². The van der Waals surface area contributed by atoms with Crippen LogP contribution in [-0.2, 0) is 6.61 Å². The minimum atomic E-state index is -0.152. The zero-order chi connectivity index (χ0) is 22.6. The Morgan fingerprint density at radius 3 is 2.42 bits per heavy atom. The van der Waals surface area contributed by atoms with Gasteiger partial charge in [0.2, 0.25) is 0 Å². The quantitative estimate of drug-likeness (QED) is 0.300. The molecule has 0 aliphatic heterocycles. The molecule has 0 atom stereocenters. The minimum Gasteiger partial charge on any atom is -0.489 e. The van der Waals surface area contributed by atoms with Gasteiger partial charge < -0.3 is 10.1 Å². The van der Waals surface area contributed by atoms with Crippen molar-refractivity contribution in [3.05, 3.63) is 114 Å². The van der Waals surface area contributed by atoms with Gasteiger partial charge in [0.1, 0.15) is 17.4 Å². The van der Waals surface area contributed by atoms with Crippen molar-refractivity contribution >= 4 is 33.1 Å².